The number of carbonyl (C=O) groups excluding carboxylic acids is 1. The first-order valence-electron chi connectivity index (χ1n) is 7.58. The minimum Gasteiger partial charge on any atom is -0.497 e. The summed E-state index contributed by atoms with van der Waals surface area (Å²) < 4.78 is 7.00. The Morgan fingerprint density at radius 2 is 2.17 bits per heavy atom. The summed E-state index contributed by atoms with van der Waals surface area (Å²) >= 11 is 0. The van der Waals surface area contributed by atoms with Gasteiger partial charge in [-0.2, -0.15) is 0 Å². The zero-order valence-corrected chi connectivity index (χ0v) is 13.3. The van der Waals surface area contributed by atoms with Crippen LogP contribution in [0.1, 0.15) is 11.1 Å². The summed E-state index contributed by atoms with van der Waals surface area (Å²) in [5.41, 5.74) is 1.84. The molecule has 0 spiro atoms. The maximum Gasteiger partial charge on any atom is 0.224 e. The van der Waals surface area contributed by atoms with Gasteiger partial charge in [-0.1, -0.05) is 18.2 Å². The van der Waals surface area contributed by atoms with Gasteiger partial charge in [-0.05, 0) is 23.8 Å². The quantitative estimate of drug-likeness (QED) is 0.755. The SMILES string of the molecule is COc1cccc(CC(=O)NCc2cccnc2-n2ccnc2)c1. The number of pyridine rings is 1. The molecule has 1 N–H and O–H groups in total. The molecule has 0 saturated carbocycles. The molecule has 0 saturated heterocycles. The molecule has 2 aromatic heterocycles. The monoisotopic (exact) mass is 322 g/mol. The number of methoxy groups -OCH3 is 1. The average molecular weight is 322 g/mol. The van der Waals surface area contributed by atoms with Crippen molar-refractivity contribution >= 4 is 5.91 Å². The number of amides is 1. The molecule has 0 aliphatic heterocycles. The van der Waals surface area contributed by atoms with Crippen LogP contribution in [0.3, 0.4) is 0 Å². The maximum absolute atomic E-state index is 12.2. The zero-order valence-electron chi connectivity index (χ0n) is 13.3. The van der Waals surface area contributed by atoms with Crippen molar-refractivity contribution < 1.29 is 9.53 Å². The lowest BCUT2D eigenvalue weighted by molar-refractivity contribution is -0.120. The minimum atomic E-state index is -0.0521. The molecule has 24 heavy (non-hydrogen) atoms. The van der Waals surface area contributed by atoms with Crippen LogP contribution < -0.4 is 10.1 Å². The van der Waals surface area contributed by atoms with E-state index in [1.807, 2.05) is 47.2 Å². The molecular formula is C18H18N4O2. The van der Waals surface area contributed by atoms with Crippen molar-refractivity contribution in [1.82, 2.24) is 19.9 Å². The highest BCUT2D eigenvalue weighted by Crippen LogP contribution is 2.13. The number of hydrogen-bond donors (Lipinski definition) is 1. The smallest absolute Gasteiger partial charge is 0.224 e. The molecule has 2 heterocycles. The van der Waals surface area contributed by atoms with Crippen LogP contribution >= 0.6 is 0 Å². The van der Waals surface area contributed by atoms with E-state index in [9.17, 15) is 4.79 Å². The summed E-state index contributed by atoms with van der Waals surface area (Å²) in [4.78, 5) is 20.6. The van der Waals surface area contributed by atoms with Gasteiger partial charge in [0.15, 0.2) is 0 Å². The highest BCUT2D eigenvalue weighted by Gasteiger charge is 2.08. The number of carbonyl (C=O) groups is 1. The van der Waals surface area contributed by atoms with Gasteiger partial charge < -0.3 is 10.1 Å². The fraction of sp³-hybridized carbons (Fsp3) is 0.167. The van der Waals surface area contributed by atoms with Gasteiger partial charge in [0.2, 0.25) is 5.91 Å². The van der Waals surface area contributed by atoms with E-state index >= 15 is 0 Å². The Hall–Kier alpha value is -3.15. The summed E-state index contributed by atoms with van der Waals surface area (Å²) in [5.74, 6) is 1.45. The summed E-state index contributed by atoms with van der Waals surface area (Å²) in [6.45, 7) is 0.407. The van der Waals surface area contributed by atoms with Crippen LogP contribution in [0.2, 0.25) is 0 Å². The van der Waals surface area contributed by atoms with Gasteiger partial charge in [0.1, 0.15) is 17.9 Å². The minimum absolute atomic E-state index is 0.0521. The fourth-order valence-corrected chi connectivity index (χ4v) is 2.41. The van der Waals surface area contributed by atoms with Crippen LogP contribution in [-0.2, 0) is 17.8 Å². The lowest BCUT2D eigenvalue weighted by atomic mass is 10.1. The van der Waals surface area contributed by atoms with Crippen molar-refractivity contribution in [3.8, 4) is 11.6 Å². The summed E-state index contributed by atoms with van der Waals surface area (Å²) in [6.07, 6.45) is 7.22. The third-order valence-electron chi connectivity index (χ3n) is 3.59. The van der Waals surface area contributed by atoms with Crippen LogP contribution in [0.15, 0.2) is 61.3 Å². The standard InChI is InChI=1S/C18H18N4O2/c1-24-16-6-2-4-14(10-16)11-17(23)21-12-15-5-3-7-20-18(15)22-9-8-19-13-22/h2-10,13H,11-12H2,1H3,(H,21,23). The van der Waals surface area contributed by atoms with E-state index in [-0.39, 0.29) is 5.91 Å². The number of ether oxygens (including phenoxy) is 1. The molecule has 122 valence electrons. The normalized spacial score (nSPS) is 10.4. The Balaban J connectivity index is 1.65. The first kappa shape index (κ1) is 15.7. The van der Waals surface area contributed by atoms with Crippen LogP contribution in [0.5, 0.6) is 5.75 Å². The van der Waals surface area contributed by atoms with E-state index in [0.717, 1.165) is 22.7 Å². The molecule has 6 heteroatoms. The molecule has 1 amide bonds. The van der Waals surface area contributed by atoms with Crippen LogP contribution in [0.4, 0.5) is 0 Å². The van der Waals surface area contributed by atoms with Gasteiger partial charge in [0.25, 0.3) is 0 Å². The van der Waals surface area contributed by atoms with Gasteiger partial charge in [0, 0.05) is 30.7 Å². The van der Waals surface area contributed by atoms with Gasteiger partial charge >= 0.3 is 0 Å². The number of imidazole rings is 1. The van der Waals surface area contributed by atoms with Crippen molar-refractivity contribution in [1.29, 1.82) is 0 Å². The topological polar surface area (TPSA) is 69.0 Å². The van der Waals surface area contributed by atoms with Crippen molar-refractivity contribution in [3.05, 3.63) is 72.4 Å². The van der Waals surface area contributed by atoms with E-state index in [1.54, 1.807) is 25.8 Å². The van der Waals surface area contributed by atoms with E-state index in [1.165, 1.54) is 0 Å². The second-order valence-corrected chi connectivity index (χ2v) is 5.26. The molecule has 0 aliphatic rings. The van der Waals surface area contributed by atoms with Gasteiger partial charge in [-0.25, -0.2) is 9.97 Å². The molecule has 0 unspecified atom stereocenters. The molecular weight excluding hydrogens is 304 g/mol. The lowest BCUT2D eigenvalue weighted by Gasteiger charge is -2.10. The highest BCUT2D eigenvalue weighted by molar-refractivity contribution is 5.78. The zero-order chi connectivity index (χ0) is 16.8. The van der Waals surface area contributed by atoms with Crippen LogP contribution in [-0.4, -0.2) is 27.6 Å². The highest BCUT2D eigenvalue weighted by atomic mass is 16.5. The third kappa shape index (κ3) is 3.78. The number of nitrogens with one attached hydrogen (secondary N) is 1. The number of rotatable bonds is 6. The number of nitrogens with zero attached hydrogens (tertiary/aromatic N) is 3. The van der Waals surface area contributed by atoms with Crippen molar-refractivity contribution in [3.63, 3.8) is 0 Å². The fourth-order valence-electron chi connectivity index (χ4n) is 2.41. The first-order chi connectivity index (χ1) is 11.8. The largest absolute Gasteiger partial charge is 0.497 e. The van der Waals surface area contributed by atoms with Gasteiger partial charge in [-0.3, -0.25) is 9.36 Å². The predicted molar refractivity (Wildman–Crippen MR) is 89.9 cm³/mol. The molecule has 3 aromatic rings. The Morgan fingerprint density at radius 3 is 2.96 bits per heavy atom. The number of benzene rings is 1. The molecule has 0 radical (unpaired) electrons. The Labute approximate surface area is 140 Å². The maximum atomic E-state index is 12.2. The molecule has 0 fully saturated rings. The Morgan fingerprint density at radius 1 is 1.25 bits per heavy atom. The van der Waals surface area contributed by atoms with Crippen molar-refractivity contribution in [2.24, 2.45) is 0 Å². The van der Waals surface area contributed by atoms with E-state index < -0.39 is 0 Å². The van der Waals surface area contributed by atoms with Gasteiger partial charge in [-0.15, -0.1) is 0 Å². The molecule has 0 aliphatic carbocycles. The lowest BCUT2D eigenvalue weighted by Crippen LogP contribution is -2.25. The van der Waals surface area contributed by atoms with Crippen molar-refractivity contribution in [2.45, 2.75) is 13.0 Å². The van der Waals surface area contributed by atoms with Crippen LogP contribution in [0.25, 0.3) is 5.82 Å². The van der Waals surface area contributed by atoms with E-state index in [4.69, 9.17) is 4.74 Å². The average Bonchev–Trinajstić information content (AvgIpc) is 3.15. The second kappa shape index (κ2) is 7.41. The Bertz CT molecular complexity index is 815. The number of hydrogen-bond acceptors (Lipinski definition) is 4. The molecule has 6 nitrogen and oxygen atoms in total. The van der Waals surface area contributed by atoms with E-state index in [2.05, 4.69) is 15.3 Å². The predicted octanol–water partition coefficient (Wildman–Crippen LogP) is 2.13. The molecule has 0 bridgehead atoms. The number of aromatic nitrogens is 3. The van der Waals surface area contributed by atoms with Gasteiger partial charge in [0.05, 0.1) is 13.5 Å². The molecule has 0 atom stereocenters. The second-order valence-electron chi connectivity index (χ2n) is 5.26. The third-order valence-corrected chi connectivity index (χ3v) is 3.59. The van der Waals surface area contributed by atoms with Crippen LogP contribution in [0, 0.1) is 0 Å². The Kier molecular flexibility index (Phi) is 4.86. The molecule has 3 rings (SSSR count). The first-order valence-corrected chi connectivity index (χ1v) is 7.58. The summed E-state index contributed by atoms with van der Waals surface area (Å²) in [6, 6.07) is 11.3. The summed E-state index contributed by atoms with van der Waals surface area (Å²) in [5, 5.41) is 2.93. The summed E-state index contributed by atoms with van der Waals surface area (Å²) in [7, 11) is 1.61. The van der Waals surface area contributed by atoms with E-state index in [0.29, 0.717) is 13.0 Å². The van der Waals surface area contributed by atoms with Crippen molar-refractivity contribution in [2.75, 3.05) is 7.11 Å². The molecule has 1 aromatic carbocycles.